The van der Waals surface area contributed by atoms with Crippen LogP contribution in [0.15, 0.2) is 48.5 Å². The van der Waals surface area contributed by atoms with Crippen molar-refractivity contribution in [3.05, 3.63) is 65.2 Å². The van der Waals surface area contributed by atoms with Gasteiger partial charge in [-0.15, -0.1) is 0 Å². The Labute approximate surface area is 220 Å². The molecule has 196 valence electrons. The number of pyridine rings is 1. The molecule has 0 aliphatic heterocycles. The minimum Gasteiger partial charge on any atom is -0.468 e. The quantitative estimate of drug-likeness (QED) is 0.161. The fourth-order valence-electron chi connectivity index (χ4n) is 6.12. The summed E-state index contributed by atoms with van der Waals surface area (Å²) in [6.07, 6.45) is 0. The maximum atomic E-state index is 13.8. The summed E-state index contributed by atoms with van der Waals surface area (Å²) >= 11 is 0. The second kappa shape index (κ2) is 8.52. The first-order valence-electron chi connectivity index (χ1n) is 12.0. The van der Waals surface area contributed by atoms with Crippen molar-refractivity contribution in [1.82, 2.24) is 9.97 Å². The van der Waals surface area contributed by atoms with Gasteiger partial charge in [0.2, 0.25) is 5.41 Å². The van der Waals surface area contributed by atoms with Crippen LogP contribution in [-0.4, -0.2) is 62.3 Å². The van der Waals surface area contributed by atoms with Crippen LogP contribution in [0.3, 0.4) is 0 Å². The van der Waals surface area contributed by atoms with Gasteiger partial charge < -0.3 is 23.9 Å². The predicted molar refractivity (Wildman–Crippen MR) is 140 cm³/mol. The van der Waals surface area contributed by atoms with E-state index in [-0.39, 0.29) is 22.1 Å². The van der Waals surface area contributed by atoms with Gasteiger partial charge in [-0.1, -0.05) is 36.4 Å². The number of esters is 4. The van der Waals surface area contributed by atoms with E-state index in [2.05, 4.69) is 4.98 Å². The summed E-state index contributed by atoms with van der Waals surface area (Å²) in [5.41, 5.74) is -0.0623. The summed E-state index contributed by atoms with van der Waals surface area (Å²) in [6, 6.07) is 14.2. The Balaban J connectivity index is 2.02. The third-order valence-corrected chi connectivity index (χ3v) is 7.58. The van der Waals surface area contributed by atoms with Gasteiger partial charge >= 0.3 is 23.9 Å². The first-order valence-corrected chi connectivity index (χ1v) is 12.0. The number of fused-ring (bicyclic) bond motifs is 6. The minimum absolute atomic E-state index is 0.0147. The summed E-state index contributed by atoms with van der Waals surface area (Å²) in [5, 5.41) is 1.80. The van der Waals surface area contributed by atoms with E-state index in [4.69, 9.17) is 23.9 Å². The average molecular weight is 527 g/mol. The topological polar surface area (TPSA) is 134 Å². The molecule has 1 unspecified atom stereocenters. The largest absolute Gasteiger partial charge is 0.468 e. The van der Waals surface area contributed by atoms with Gasteiger partial charge in [-0.05, 0) is 17.7 Å². The molecule has 6 rings (SSSR count). The minimum atomic E-state index is -2.34. The van der Waals surface area contributed by atoms with E-state index in [1.54, 1.807) is 24.3 Å². The Morgan fingerprint density at radius 1 is 0.795 bits per heavy atom. The third-order valence-electron chi connectivity index (χ3n) is 7.58. The monoisotopic (exact) mass is 526 g/mol. The van der Waals surface area contributed by atoms with Gasteiger partial charge in [-0.25, -0.2) is 9.78 Å². The van der Waals surface area contributed by atoms with Crippen LogP contribution in [-0.2, 0) is 38.7 Å². The molecule has 10 heteroatoms. The van der Waals surface area contributed by atoms with Crippen LogP contribution in [0, 0.1) is 0 Å². The summed E-state index contributed by atoms with van der Waals surface area (Å²) in [6.45, 7) is 0. The lowest BCUT2D eigenvalue weighted by molar-refractivity contribution is -0.168. The number of aromatic nitrogens is 2. The van der Waals surface area contributed by atoms with Gasteiger partial charge in [0.05, 0.1) is 50.6 Å². The van der Waals surface area contributed by atoms with Crippen molar-refractivity contribution in [2.24, 2.45) is 0 Å². The molecule has 0 saturated carbocycles. The molecule has 3 aromatic carbocycles. The summed E-state index contributed by atoms with van der Waals surface area (Å²) in [7, 11) is 4.59. The molecule has 0 saturated heterocycles. The highest BCUT2D eigenvalue weighted by Crippen LogP contribution is 2.58. The summed E-state index contributed by atoms with van der Waals surface area (Å²) in [4.78, 5) is 63.2. The van der Waals surface area contributed by atoms with Gasteiger partial charge in [-0.3, -0.25) is 14.4 Å². The number of methoxy groups -OCH3 is 4. The Hall–Kier alpha value is -4.99. The lowest BCUT2D eigenvalue weighted by Crippen LogP contribution is -2.51. The second-order valence-electron chi connectivity index (χ2n) is 9.18. The molecule has 0 amide bonds. The van der Waals surface area contributed by atoms with Gasteiger partial charge in [-0.2, -0.15) is 0 Å². The maximum absolute atomic E-state index is 13.8. The molecule has 0 radical (unpaired) electrons. The molecule has 2 heterocycles. The first kappa shape index (κ1) is 24.4. The molecule has 0 spiro atoms. The number of rotatable bonds is 4. The van der Waals surface area contributed by atoms with E-state index >= 15 is 0 Å². The standard InChI is InChI=1S/C29H22N2O8/c1-36-25(32)19-17-13-9-5-7-11-15(13)30-23(17)24-20-18(19)22(26(33)37-2)29(27(34)38-3,28(35)39-4)21(20)14-10-6-8-12-16(14)31-24/h5-12,22,30H,1-4H3. The van der Waals surface area contributed by atoms with E-state index in [1.807, 2.05) is 24.3 Å². The Bertz CT molecular complexity index is 1890. The molecular formula is C29H22N2O8. The Morgan fingerprint density at radius 2 is 1.44 bits per heavy atom. The van der Waals surface area contributed by atoms with Crippen molar-refractivity contribution in [1.29, 1.82) is 0 Å². The van der Waals surface area contributed by atoms with Crippen LogP contribution >= 0.6 is 0 Å². The molecule has 1 aliphatic carbocycles. The second-order valence-corrected chi connectivity index (χ2v) is 9.18. The number of ether oxygens (including phenoxy) is 4. The van der Waals surface area contributed by atoms with E-state index < -0.39 is 35.2 Å². The van der Waals surface area contributed by atoms with Crippen LogP contribution in [0.5, 0.6) is 0 Å². The number of hydrogen-bond acceptors (Lipinski definition) is 9. The van der Waals surface area contributed by atoms with Crippen LogP contribution in [0.1, 0.15) is 27.4 Å². The van der Waals surface area contributed by atoms with E-state index in [1.165, 1.54) is 7.11 Å². The zero-order chi connectivity index (χ0) is 27.6. The number of aromatic amines is 1. The number of para-hydroxylation sites is 2. The smallest absolute Gasteiger partial charge is 0.338 e. The highest BCUT2D eigenvalue weighted by atomic mass is 16.6. The number of carbonyl (C=O) groups excluding carboxylic acids is 4. The molecule has 0 bridgehead atoms. The summed E-state index contributed by atoms with van der Waals surface area (Å²) in [5.74, 6) is -5.41. The number of nitrogens with one attached hydrogen (secondary N) is 1. The Morgan fingerprint density at radius 3 is 2.08 bits per heavy atom. The predicted octanol–water partition coefficient (Wildman–Crippen LogP) is 3.66. The zero-order valence-electron chi connectivity index (χ0n) is 21.4. The van der Waals surface area contributed by atoms with E-state index in [0.29, 0.717) is 32.7 Å². The van der Waals surface area contributed by atoms with Gasteiger partial charge in [0, 0.05) is 32.6 Å². The molecule has 1 aliphatic rings. The molecule has 2 aromatic heterocycles. The molecule has 1 atom stereocenters. The first-order chi connectivity index (χ1) is 18.9. The molecule has 5 aromatic rings. The van der Waals surface area contributed by atoms with Crippen molar-refractivity contribution in [2.75, 3.05) is 28.4 Å². The zero-order valence-corrected chi connectivity index (χ0v) is 21.4. The van der Waals surface area contributed by atoms with Crippen LogP contribution in [0.2, 0.25) is 0 Å². The molecule has 39 heavy (non-hydrogen) atoms. The van der Waals surface area contributed by atoms with Crippen LogP contribution in [0.4, 0.5) is 0 Å². The summed E-state index contributed by atoms with van der Waals surface area (Å²) < 4.78 is 20.7. The lowest BCUT2D eigenvalue weighted by atomic mass is 9.71. The molecule has 10 nitrogen and oxygen atoms in total. The maximum Gasteiger partial charge on any atom is 0.338 e. The SMILES string of the molecule is COC(=O)c1c2c3c(c4ccccc4nc3c3[nH]c4ccccc4c13)C(C(=O)OC)(C(=O)OC)C2C(=O)OC. The van der Waals surface area contributed by atoms with Crippen molar-refractivity contribution in [2.45, 2.75) is 11.3 Å². The number of hydrogen-bond donors (Lipinski definition) is 1. The number of H-pyrrole nitrogens is 1. The fraction of sp³-hybridized carbons (Fsp3) is 0.207. The van der Waals surface area contributed by atoms with Gasteiger partial charge in [0.15, 0.2) is 0 Å². The highest BCUT2D eigenvalue weighted by molar-refractivity contribution is 6.31. The number of carbonyl (C=O) groups is 4. The van der Waals surface area contributed by atoms with Gasteiger partial charge in [0.1, 0.15) is 5.92 Å². The molecular weight excluding hydrogens is 504 g/mol. The number of benzene rings is 3. The Kier molecular flexibility index (Phi) is 5.32. The normalized spacial score (nSPS) is 15.5. The third kappa shape index (κ3) is 2.88. The van der Waals surface area contributed by atoms with Crippen molar-refractivity contribution < 1.29 is 38.1 Å². The fourth-order valence-corrected chi connectivity index (χ4v) is 6.12. The van der Waals surface area contributed by atoms with Crippen molar-refractivity contribution in [3.8, 4) is 0 Å². The molecule has 0 fully saturated rings. The highest BCUT2D eigenvalue weighted by Gasteiger charge is 2.66. The molecule has 1 N–H and O–H groups in total. The van der Waals surface area contributed by atoms with Crippen molar-refractivity contribution >= 4 is 67.5 Å². The van der Waals surface area contributed by atoms with Crippen LogP contribution in [0.25, 0.3) is 43.6 Å². The van der Waals surface area contributed by atoms with Gasteiger partial charge in [0.25, 0.3) is 0 Å². The van der Waals surface area contributed by atoms with Crippen LogP contribution < -0.4 is 0 Å². The number of nitrogens with zero attached hydrogens (tertiary/aromatic N) is 1. The lowest BCUT2D eigenvalue weighted by Gasteiger charge is -2.30. The van der Waals surface area contributed by atoms with Crippen molar-refractivity contribution in [3.63, 3.8) is 0 Å². The van der Waals surface area contributed by atoms with E-state index in [0.717, 1.165) is 26.8 Å². The van der Waals surface area contributed by atoms with E-state index in [9.17, 15) is 19.2 Å². The average Bonchev–Trinajstić information content (AvgIpc) is 3.52.